The van der Waals surface area contributed by atoms with Crippen molar-refractivity contribution in [1.29, 1.82) is 0 Å². The Morgan fingerprint density at radius 2 is 1.90 bits per heavy atom. The monoisotopic (exact) mass is 310 g/mol. The second-order valence-corrected chi connectivity index (χ2v) is 8.61. The molecule has 0 amide bonds. The number of benzene rings is 1. The summed E-state index contributed by atoms with van der Waals surface area (Å²) in [4.78, 5) is 0.342. The lowest BCUT2D eigenvalue weighted by Gasteiger charge is -2.34. The van der Waals surface area contributed by atoms with Crippen LogP contribution in [-0.4, -0.2) is 32.9 Å². The van der Waals surface area contributed by atoms with Gasteiger partial charge in [0, 0.05) is 25.8 Å². The highest BCUT2D eigenvalue weighted by Crippen LogP contribution is 2.31. The van der Waals surface area contributed by atoms with Crippen LogP contribution in [0.25, 0.3) is 0 Å². The minimum absolute atomic E-state index is 0.342. The first kappa shape index (κ1) is 16.3. The van der Waals surface area contributed by atoms with Crippen LogP contribution in [0.1, 0.15) is 33.1 Å². The van der Waals surface area contributed by atoms with E-state index in [1.54, 1.807) is 32.3 Å². The maximum Gasteiger partial charge on any atom is 0.242 e. The maximum absolute atomic E-state index is 12.2. The molecule has 0 saturated heterocycles. The molecular weight excluding hydrogens is 284 g/mol. The van der Waals surface area contributed by atoms with Crippen LogP contribution in [0.3, 0.4) is 0 Å². The maximum atomic E-state index is 12.2. The summed E-state index contributed by atoms with van der Waals surface area (Å²) < 4.78 is 25.6. The number of anilines is 1. The summed E-state index contributed by atoms with van der Waals surface area (Å²) in [5.41, 5.74) is 0.893. The zero-order chi connectivity index (χ0) is 15.6. The minimum Gasteiger partial charge on any atom is -0.382 e. The van der Waals surface area contributed by atoms with E-state index in [4.69, 9.17) is 0 Å². The van der Waals surface area contributed by atoms with Crippen LogP contribution in [0, 0.1) is 11.8 Å². The van der Waals surface area contributed by atoms with Gasteiger partial charge in [0.2, 0.25) is 10.0 Å². The molecule has 1 fully saturated rings. The molecule has 1 aromatic rings. The van der Waals surface area contributed by atoms with Crippen molar-refractivity contribution < 1.29 is 8.42 Å². The van der Waals surface area contributed by atoms with E-state index in [0.717, 1.165) is 18.0 Å². The third kappa shape index (κ3) is 3.77. The summed E-state index contributed by atoms with van der Waals surface area (Å²) in [7, 11) is -0.258. The van der Waals surface area contributed by atoms with Crippen LogP contribution in [0.15, 0.2) is 29.2 Å². The molecular formula is C16H26N2O2S. The van der Waals surface area contributed by atoms with E-state index in [-0.39, 0.29) is 0 Å². The van der Waals surface area contributed by atoms with E-state index < -0.39 is 10.0 Å². The summed E-state index contributed by atoms with van der Waals surface area (Å²) in [5.74, 6) is 1.40. The number of nitrogens with one attached hydrogen (secondary N) is 1. The van der Waals surface area contributed by atoms with Gasteiger partial charge in [0.25, 0.3) is 0 Å². The number of sulfonamides is 1. The fraction of sp³-hybridized carbons (Fsp3) is 0.625. The van der Waals surface area contributed by atoms with Gasteiger partial charge in [-0.15, -0.1) is 0 Å². The molecule has 0 spiro atoms. The Morgan fingerprint density at radius 3 is 2.52 bits per heavy atom. The van der Waals surface area contributed by atoms with Crippen LogP contribution < -0.4 is 5.32 Å². The quantitative estimate of drug-likeness (QED) is 0.929. The van der Waals surface area contributed by atoms with Crippen molar-refractivity contribution in [3.8, 4) is 0 Å². The van der Waals surface area contributed by atoms with E-state index in [0.29, 0.717) is 16.9 Å². The van der Waals surface area contributed by atoms with Crippen LogP contribution >= 0.6 is 0 Å². The second kappa shape index (κ2) is 6.36. The third-order valence-corrected chi connectivity index (χ3v) is 6.21. The summed E-state index contributed by atoms with van der Waals surface area (Å²) in [6, 6.07) is 7.56. The third-order valence-electron chi connectivity index (χ3n) is 4.40. The van der Waals surface area contributed by atoms with Crippen LogP contribution in [0.2, 0.25) is 0 Å². The van der Waals surface area contributed by atoms with E-state index in [1.807, 2.05) is 6.07 Å². The summed E-state index contributed by atoms with van der Waals surface area (Å²) >= 11 is 0. The predicted molar refractivity (Wildman–Crippen MR) is 86.9 cm³/mol. The SMILES string of the molecule is CC1CCC(Nc2cccc(S(=O)(=O)N(C)C)c2)C(C)C1. The Morgan fingerprint density at radius 1 is 1.19 bits per heavy atom. The van der Waals surface area contributed by atoms with E-state index in [1.165, 1.54) is 17.1 Å². The van der Waals surface area contributed by atoms with E-state index in [2.05, 4.69) is 19.2 Å². The first-order valence-corrected chi connectivity index (χ1v) is 9.04. The van der Waals surface area contributed by atoms with Gasteiger partial charge in [0.15, 0.2) is 0 Å². The van der Waals surface area contributed by atoms with Gasteiger partial charge in [-0.1, -0.05) is 19.9 Å². The molecule has 1 aliphatic carbocycles. The number of rotatable bonds is 4. The lowest BCUT2D eigenvalue weighted by Crippen LogP contribution is -2.33. The molecule has 118 valence electrons. The molecule has 0 aliphatic heterocycles. The largest absolute Gasteiger partial charge is 0.382 e. The molecule has 0 aromatic heterocycles. The van der Waals surface area contributed by atoms with Gasteiger partial charge in [0.05, 0.1) is 4.90 Å². The van der Waals surface area contributed by atoms with Gasteiger partial charge in [-0.25, -0.2) is 12.7 Å². The van der Waals surface area contributed by atoms with Crippen molar-refractivity contribution in [3.63, 3.8) is 0 Å². The molecule has 5 heteroatoms. The first-order chi connectivity index (χ1) is 9.80. The van der Waals surface area contributed by atoms with Crippen molar-refractivity contribution >= 4 is 15.7 Å². The highest BCUT2D eigenvalue weighted by atomic mass is 32.2. The Kier molecular flexibility index (Phi) is 4.94. The smallest absolute Gasteiger partial charge is 0.242 e. The van der Waals surface area contributed by atoms with Crippen LogP contribution in [0.4, 0.5) is 5.69 Å². The molecule has 4 nitrogen and oxygen atoms in total. The van der Waals surface area contributed by atoms with Crippen molar-refractivity contribution in [3.05, 3.63) is 24.3 Å². The Balaban J connectivity index is 2.15. The van der Waals surface area contributed by atoms with Gasteiger partial charge < -0.3 is 5.32 Å². The van der Waals surface area contributed by atoms with Gasteiger partial charge in [-0.2, -0.15) is 0 Å². The second-order valence-electron chi connectivity index (χ2n) is 6.46. The van der Waals surface area contributed by atoms with E-state index in [9.17, 15) is 8.42 Å². The average Bonchev–Trinajstić information content (AvgIpc) is 2.42. The minimum atomic E-state index is -3.37. The van der Waals surface area contributed by atoms with Crippen molar-refractivity contribution in [2.24, 2.45) is 11.8 Å². The average molecular weight is 310 g/mol. The van der Waals surface area contributed by atoms with Crippen molar-refractivity contribution in [2.75, 3.05) is 19.4 Å². The van der Waals surface area contributed by atoms with Gasteiger partial charge in [-0.3, -0.25) is 0 Å². The molecule has 1 aliphatic rings. The summed E-state index contributed by atoms with van der Waals surface area (Å²) in [5, 5.41) is 3.52. The van der Waals surface area contributed by atoms with Crippen molar-refractivity contribution in [1.82, 2.24) is 4.31 Å². The molecule has 3 atom stereocenters. The summed E-state index contributed by atoms with van der Waals surface area (Å²) in [6.07, 6.45) is 3.61. The van der Waals surface area contributed by atoms with Crippen LogP contribution in [0.5, 0.6) is 0 Å². The standard InChI is InChI=1S/C16H26N2O2S/c1-12-8-9-16(13(2)10-12)17-14-6-5-7-15(11-14)21(19,20)18(3)4/h5-7,11-13,16-17H,8-10H2,1-4H3. The molecule has 1 saturated carbocycles. The zero-order valence-electron chi connectivity index (χ0n) is 13.3. The molecule has 1 aromatic carbocycles. The number of nitrogens with zero attached hydrogens (tertiary/aromatic N) is 1. The van der Waals surface area contributed by atoms with E-state index >= 15 is 0 Å². The normalized spacial score (nSPS) is 26.8. The summed E-state index contributed by atoms with van der Waals surface area (Å²) in [6.45, 7) is 4.57. The molecule has 0 radical (unpaired) electrons. The topological polar surface area (TPSA) is 49.4 Å². The first-order valence-electron chi connectivity index (χ1n) is 7.60. The van der Waals surface area contributed by atoms with Crippen molar-refractivity contribution in [2.45, 2.75) is 44.0 Å². The fourth-order valence-electron chi connectivity index (χ4n) is 3.05. The Labute approximate surface area is 128 Å². The predicted octanol–water partition coefficient (Wildman–Crippen LogP) is 3.17. The zero-order valence-corrected chi connectivity index (χ0v) is 14.2. The highest BCUT2D eigenvalue weighted by Gasteiger charge is 2.25. The lowest BCUT2D eigenvalue weighted by atomic mass is 9.80. The van der Waals surface area contributed by atoms with Gasteiger partial charge in [0.1, 0.15) is 0 Å². The van der Waals surface area contributed by atoms with Crippen LogP contribution in [-0.2, 0) is 10.0 Å². The molecule has 0 heterocycles. The molecule has 2 rings (SSSR count). The van der Waals surface area contributed by atoms with Gasteiger partial charge in [-0.05, 0) is 49.3 Å². The fourth-order valence-corrected chi connectivity index (χ4v) is 4.00. The number of hydrogen-bond acceptors (Lipinski definition) is 3. The molecule has 1 N–H and O–H groups in total. The van der Waals surface area contributed by atoms with Gasteiger partial charge >= 0.3 is 0 Å². The molecule has 3 unspecified atom stereocenters. The Bertz CT molecular complexity index is 584. The highest BCUT2D eigenvalue weighted by molar-refractivity contribution is 7.89. The number of hydrogen-bond donors (Lipinski definition) is 1. The molecule has 21 heavy (non-hydrogen) atoms. The Hall–Kier alpha value is -1.07. The lowest BCUT2D eigenvalue weighted by molar-refractivity contribution is 0.276. The molecule has 0 bridgehead atoms.